The molecule has 31 heavy (non-hydrogen) atoms. The number of nitrogen functional groups attached to an aromatic ring is 1. The average Bonchev–Trinajstić information content (AvgIpc) is 3.17. The Morgan fingerprint density at radius 2 is 1.90 bits per heavy atom. The van der Waals surface area contributed by atoms with Crippen LogP contribution in [0.25, 0.3) is 11.4 Å². The van der Waals surface area contributed by atoms with Crippen molar-refractivity contribution in [2.24, 2.45) is 0 Å². The standard InChI is InChI=1S/C22H24N6O2S/c1-3-12-27(14-17-6-4-16(13-23)5-7-17)20(29)15-31-22-26-25-21(28(22)24)18-8-10-19(30-2)11-9-18/h4-11H,3,12,14-15,24H2,1-2H3. The average molecular weight is 437 g/mol. The molecule has 0 aliphatic carbocycles. The summed E-state index contributed by atoms with van der Waals surface area (Å²) in [6.45, 7) is 3.17. The summed E-state index contributed by atoms with van der Waals surface area (Å²) in [4.78, 5) is 14.6. The zero-order valence-corrected chi connectivity index (χ0v) is 18.3. The van der Waals surface area contributed by atoms with Crippen molar-refractivity contribution in [3.63, 3.8) is 0 Å². The number of rotatable bonds is 9. The number of ether oxygens (including phenoxy) is 1. The van der Waals surface area contributed by atoms with Gasteiger partial charge in [-0.05, 0) is 48.4 Å². The van der Waals surface area contributed by atoms with Gasteiger partial charge in [0.1, 0.15) is 5.75 Å². The van der Waals surface area contributed by atoms with Crippen LogP contribution in [0.2, 0.25) is 0 Å². The largest absolute Gasteiger partial charge is 0.497 e. The van der Waals surface area contributed by atoms with Gasteiger partial charge >= 0.3 is 0 Å². The summed E-state index contributed by atoms with van der Waals surface area (Å²) in [6, 6.07) is 16.7. The van der Waals surface area contributed by atoms with E-state index in [1.54, 1.807) is 24.1 Å². The number of benzene rings is 2. The number of aromatic nitrogens is 3. The van der Waals surface area contributed by atoms with E-state index in [1.807, 2.05) is 43.3 Å². The number of hydrogen-bond acceptors (Lipinski definition) is 7. The molecule has 0 spiro atoms. The molecule has 0 saturated heterocycles. The number of carbonyl (C=O) groups excluding carboxylic acids is 1. The second-order valence-electron chi connectivity index (χ2n) is 6.82. The Kier molecular flexibility index (Phi) is 7.51. The molecule has 0 fully saturated rings. The van der Waals surface area contributed by atoms with Crippen molar-refractivity contribution in [1.29, 1.82) is 5.26 Å². The summed E-state index contributed by atoms with van der Waals surface area (Å²) in [5.74, 6) is 7.62. The first-order valence-electron chi connectivity index (χ1n) is 9.80. The number of hydrogen-bond donors (Lipinski definition) is 1. The van der Waals surface area contributed by atoms with Crippen molar-refractivity contribution < 1.29 is 9.53 Å². The van der Waals surface area contributed by atoms with Gasteiger partial charge in [-0.3, -0.25) is 4.79 Å². The van der Waals surface area contributed by atoms with Gasteiger partial charge in [0, 0.05) is 18.7 Å². The van der Waals surface area contributed by atoms with E-state index in [4.69, 9.17) is 15.8 Å². The molecule has 0 atom stereocenters. The molecule has 1 aromatic heterocycles. The number of methoxy groups -OCH3 is 1. The third-order valence-electron chi connectivity index (χ3n) is 4.64. The Morgan fingerprint density at radius 1 is 1.19 bits per heavy atom. The van der Waals surface area contributed by atoms with Crippen LogP contribution in [0.15, 0.2) is 53.7 Å². The molecule has 1 amide bonds. The van der Waals surface area contributed by atoms with Crippen LogP contribution in [0.1, 0.15) is 24.5 Å². The highest BCUT2D eigenvalue weighted by Crippen LogP contribution is 2.24. The lowest BCUT2D eigenvalue weighted by Gasteiger charge is -2.22. The first-order chi connectivity index (χ1) is 15.0. The monoisotopic (exact) mass is 436 g/mol. The van der Waals surface area contributed by atoms with E-state index >= 15 is 0 Å². The quantitative estimate of drug-likeness (QED) is 0.405. The fraction of sp³-hybridized carbons (Fsp3) is 0.273. The van der Waals surface area contributed by atoms with Crippen LogP contribution in [-0.4, -0.2) is 45.1 Å². The van der Waals surface area contributed by atoms with Gasteiger partial charge in [-0.2, -0.15) is 5.26 Å². The minimum atomic E-state index is -0.00907. The van der Waals surface area contributed by atoms with Gasteiger partial charge in [0.05, 0.1) is 24.5 Å². The van der Waals surface area contributed by atoms with Crippen LogP contribution >= 0.6 is 11.8 Å². The molecule has 3 aromatic rings. The van der Waals surface area contributed by atoms with Gasteiger partial charge < -0.3 is 15.5 Å². The normalized spacial score (nSPS) is 10.5. The van der Waals surface area contributed by atoms with Crippen molar-refractivity contribution in [1.82, 2.24) is 19.8 Å². The summed E-state index contributed by atoms with van der Waals surface area (Å²) in [5.41, 5.74) is 2.39. The van der Waals surface area contributed by atoms with Gasteiger partial charge in [0.25, 0.3) is 0 Å². The van der Waals surface area contributed by atoms with Gasteiger partial charge in [-0.25, -0.2) is 4.68 Å². The van der Waals surface area contributed by atoms with E-state index in [2.05, 4.69) is 16.3 Å². The molecular weight excluding hydrogens is 412 g/mol. The van der Waals surface area contributed by atoms with Crippen LogP contribution in [0.3, 0.4) is 0 Å². The molecule has 3 rings (SSSR count). The topological polar surface area (TPSA) is 110 Å². The molecule has 0 unspecified atom stereocenters. The molecule has 2 N–H and O–H groups in total. The Bertz CT molecular complexity index is 1060. The minimum absolute atomic E-state index is 0.00907. The second kappa shape index (κ2) is 10.5. The minimum Gasteiger partial charge on any atom is -0.497 e. The predicted octanol–water partition coefficient (Wildman–Crippen LogP) is 3.07. The maximum absolute atomic E-state index is 12.8. The molecule has 0 bridgehead atoms. The number of thioether (sulfide) groups is 1. The molecular formula is C22H24N6O2S. The highest BCUT2D eigenvalue weighted by atomic mass is 32.2. The van der Waals surface area contributed by atoms with Crippen molar-refractivity contribution in [3.8, 4) is 23.2 Å². The molecule has 8 nitrogen and oxygen atoms in total. The van der Waals surface area contributed by atoms with Crippen molar-refractivity contribution in [2.75, 3.05) is 25.3 Å². The molecule has 0 saturated carbocycles. The maximum atomic E-state index is 12.8. The van der Waals surface area contributed by atoms with Gasteiger partial charge in [-0.1, -0.05) is 30.8 Å². The van der Waals surface area contributed by atoms with Crippen LogP contribution in [0.5, 0.6) is 5.75 Å². The van der Waals surface area contributed by atoms with Crippen molar-refractivity contribution in [2.45, 2.75) is 25.0 Å². The third kappa shape index (κ3) is 5.55. The number of nitrogens with two attached hydrogens (primary N) is 1. The Morgan fingerprint density at radius 3 is 2.52 bits per heavy atom. The Hall–Kier alpha value is -3.51. The second-order valence-corrected chi connectivity index (χ2v) is 7.76. The van der Waals surface area contributed by atoms with E-state index in [0.29, 0.717) is 29.6 Å². The number of nitriles is 1. The summed E-state index contributed by atoms with van der Waals surface area (Å²) in [6.07, 6.45) is 0.849. The van der Waals surface area contributed by atoms with Crippen LogP contribution < -0.4 is 10.6 Å². The van der Waals surface area contributed by atoms with Crippen LogP contribution in [0.4, 0.5) is 0 Å². The van der Waals surface area contributed by atoms with E-state index in [-0.39, 0.29) is 11.7 Å². The molecule has 0 aliphatic rings. The number of amides is 1. The first kappa shape index (κ1) is 22.2. The van der Waals surface area contributed by atoms with Crippen molar-refractivity contribution >= 4 is 17.7 Å². The fourth-order valence-corrected chi connectivity index (χ4v) is 3.76. The van der Waals surface area contributed by atoms with E-state index < -0.39 is 0 Å². The third-order valence-corrected chi connectivity index (χ3v) is 5.57. The van der Waals surface area contributed by atoms with E-state index in [1.165, 1.54) is 16.4 Å². The first-order valence-corrected chi connectivity index (χ1v) is 10.8. The molecule has 9 heteroatoms. The summed E-state index contributed by atoms with van der Waals surface area (Å²) >= 11 is 1.25. The van der Waals surface area contributed by atoms with Gasteiger partial charge in [0.15, 0.2) is 5.82 Å². The van der Waals surface area contributed by atoms with Crippen molar-refractivity contribution in [3.05, 3.63) is 59.7 Å². The Balaban J connectivity index is 1.65. The fourth-order valence-electron chi connectivity index (χ4n) is 3.00. The molecule has 2 aromatic carbocycles. The lowest BCUT2D eigenvalue weighted by atomic mass is 10.1. The molecule has 0 radical (unpaired) electrons. The summed E-state index contributed by atoms with van der Waals surface area (Å²) < 4.78 is 6.56. The zero-order valence-electron chi connectivity index (χ0n) is 17.5. The highest BCUT2D eigenvalue weighted by Gasteiger charge is 2.17. The Labute approximate surface area is 185 Å². The molecule has 1 heterocycles. The SMILES string of the molecule is CCCN(Cc1ccc(C#N)cc1)C(=O)CSc1nnc(-c2ccc(OC)cc2)n1N. The van der Waals surface area contributed by atoms with Crippen LogP contribution in [0, 0.1) is 11.3 Å². The summed E-state index contributed by atoms with van der Waals surface area (Å²) in [5, 5.41) is 17.7. The predicted molar refractivity (Wildman–Crippen MR) is 120 cm³/mol. The summed E-state index contributed by atoms with van der Waals surface area (Å²) in [7, 11) is 1.61. The van der Waals surface area contributed by atoms with Crippen LogP contribution in [-0.2, 0) is 11.3 Å². The highest BCUT2D eigenvalue weighted by molar-refractivity contribution is 7.99. The van der Waals surface area contributed by atoms with E-state index in [0.717, 1.165) is 23.3 Å². The van der Waals surface area contributed by atoms with E-state index in [9.17, 15) is 4.79 Å². The lowest BCUT2D eigenvalue weighted by molar-refractivity contribution is -0.129. The molecule has 160 valence electrons. The van der Waals surface area contributed by atoms with Gasteiger partial charge in [-0.15, -0.1) is 10.2 Å². The smallest absolute Gasteiger partial charge is 0.233 e. The lowest BCUT2D eigenvalue weighted by Crippen LogP contribution is -2.32. The number of nitrogens with zero attached hydrogens (tertiary/aromatic N) is 5. The number of carbonyl (C=O) groups is 1. The zero-order chi connectivity index (χ0) is 22.2. The molecule has 0 aliphatic heterocycles. The maximum Gasteiger partial charge on any atom is 0.233 e. The van der Waals surface area contributed by atoms with Gasteiger partial charge in [0.2, 0.25) is 11.1 Å².